The Morgan fingerprint density at radius 2 is 2.17 bits per heavy atom. The van der Waals surface area contributed by atoms with Crippen LogP contribution in [0.15, 0.2) is 16.6 Å². The van der Waals surface area contributed by atoms with Crippen LogP contribution in [0.25, 0.3) is 0 Å². The van der Waals surface area contributed by atoms with Crippen molar-refractivity contribution in [1.29, 1.82) is 0 Å². The molecule has 0 saturated carbocycles. The average molecular weight is 250 g/mol. The number of benzene rings is 1. The highest BCUT2D eigenvalue weighted by Gasteiger charge is 2.07. The molecule has 1 rings (SSSR count). The van der Waals surface area contributed by atoms with Gasteiger partial charge in [-0.3, -0.25) is 0 Å². The smallest absolute Gasteiger partial charge is 0.133 e. The Bertz CT molecular complexity index is 286. The molecular formula is C9H10BrClO. The zero-order valence-electron chi connectivity index (χ0n) is 7.03. The minimum Gasteiger partial charge on any atom is -0.496 e. The fourth-order valence-electron chi connectivity index (χ4n) is 1.02. The first-order chi connectivity index (χ1) is 5.70. The van der Waals surface area contributed by atoms with Crippen molar-refractivity contribution in [2.45, 2.75) is 12.8 Å². The average Bonchev–Trinajstić information content (AvgIpc) is 2.06. The first-order valence-corrected chi connectivity index (χ1v) is 4.91. The van der Waals surface area contributed by atoms with Crippen LogP contribution in [0.5, 0.6) is 5.75 Å². The second-order valence-electron chi connectivity index (χ2n) is 2.51. The van der Waals surface area contributed by atoms with Crippen molar-refractivity contribution >= 4 is 27.5 Å². The van der Waals surface area contributed by atoms with Gasteiger partial charge in [0.15, 0.2) is 0 Å². The Balaban J connectivity index is 3.24. The fourth-order valence-corrected chi connectivity index (χ4v) is 2.27. The SMILES string of the molecule is COc1ccc(C)c(CCl)c1Br. The third-order valence-corrected chi connectivity index (χ3v) is 2.93. The zero-order chi connectivity index (χ0) is 9.14. The molecule has 0 aromatic heterocycles. The van der Waals surface area contributed by atoms with E-state index in [1.54, 1.807) is 7.11 Å². The van der Waals surface area contributed by atoms with Crippen molar-refractivity contribution in [3.05, 3.63) is 27.7 Å². The van der Waals surface area contributed by atoms with Crippen molar-refractivity contribution in [1.82, 2.24) is 0 Å². The standard InChI is InChI=1S/C9H10BrClO/c1-6-3-4-8(12-2)9(10)7(6)5-11/h3-4H,5H2,1-2H3. The van der Waals surface area contributed by atoms with E-state index in [1.807, 2.05) is 19.1 Å². The lowest BCUT2D eigenvalue weighted by atomic mass is 10.1. The third kappa shape index (κ3) is 1.75. The molecule has 0 saturated heterocycles. The third-order valence-electron chi connectivity index (χ3n) is 1.80. The Kier molecular flexibility index (Phi) is 3.41. The van der Waals surface area contributed by atoms with Crippen LogP contribution in [0.3, 0.4) is 0 Å². The molecule has 0 radical (unpaired) electrons. The highest BCUT2D eigenvalue weighted by molar-refractivity contribution is 9.10. The van der Waals surface area contributed by atoms with Crippen LogP contribution < -0.4 is 4.74 Å². The number of methoxy groups -OCH3 is 1. The quantitative estimate of drug-likeness (QED) is 0.729. The van der Waals surface area contributed by atoms with Crippen LogP contribution in [0.1, 0.15) is 11.1 Å². The van der Waals surface area contributed by atoms with Crippen molar-refractivity contribution in [2.75, 3.05) is 7.11 Å². The molecule has 0 aliphatic rings. The Hall–Kier alpha value is -0.210. The molecule has 0 spiro atoms. The lowest BCUT2D eigenvalue weighted by Crippen LogP contribution is -1.91. The number of alkyl halides is 1. The van der Waals surface area contributed by atoms with Crippen LogP contribution in [-0.4, -0.2) is 7.11 Å². The second-order valence-corrected chi connectivity index (χ2v) is 3.57. The normalized spacial score (nSPS) is 10.0. The van der Waals surface area contributed by atoms with E-state index in [0.29, 0.717) is 5.88 Å². The number of rotatable bonds is 2. The number of halogens is 2. The summed E-state index contributed by atoms with van der Waals surface area (Å²) in [5, 5.41) is 0. The predicted molar refractivity (Wildman–Crippen MR) is 55.0 cm³/mol. The van der Waals surface area contributed by atoms with Gasteiger partial charge in [0.05, 0.1) is 11.6 Å². The van der Waals surface area contributed by atoms with Gasteiger partial charge in [0.1, 0.15) is 5.75 Å². The molecule has 66 valence electrons. The van der Waals surface area contributed by atoms with Gasteiger partial charge in [-0.15, -0.1) is 11.6 Å². The topological polar surface area (TPSA) is 9.23 Å². The highest BCUT2D eigenvalue weighted by atomic mass is 79.9. The maximum atomic E-state index is 5.78. The molecule has 1 aromatic carbocycles. The summed E-state index contributed by atoms with van der Waals surface area (Å²) in [4.78, 5) is 0. The Morgan fingerprint density at radius 3 is 2.67 bits per heavy atom. The van der Waals surface area contributed by atoms with E-state index in [4.69, 9.17) is 16.3 Å². The van der Waals surface area contributed by atoms with E-state index < -0.39 is 0 Å². The summed E-state index contributed by atoms with van der Waals surface area (Å²) in [7, 11) is 1.65. The molecule has 12 heavy (non-hydrogen) atoms. The highest BCUT2D eigenvalue weighted by Crippen LogP contribution is 2.31. The summed E-state index contributed by atoms with van der Waals surface area (Å²) < 4.78 is 6.10. The molecule has 3 heteroatoms. The Morgan fingerprint density at radius 1 is 1.50 bits per heavy atom. The van der Waals surface area contributed by atoms with Crippen molar-refractivity contribution in [2.24, 2.45) is 0 Å². The Labute approximate surface area is 85.8 Å². The van der Waals surface area contributed by atoms with Crippen LogP contribution in [0, 0.1) is 6.92 Å². The van der Waals surface area contributed by atoms with Crippen molar-refractivity contribution in [3.63, 3.8) is 0 Å². The summed E-state index contributed by atoms with van der Waals surface area (Å²) in [5.41, 5.74) is 2.27. The van der Waals surface area contributed by atoms with Crippen molar-refractivity contribution in [3.8, 4) is 5.75 Å². The first-order valence-electron chi connectivity index (χ1n) is 3.58. The van der Waals surface area contributed by atoms with E-state index in [9.17, 15) is 0 Å². The second kappa shape index (κ2) is 4.15. The van der Waals surface area contributed by atoms with Crippen LogP contribution in [0.2, 0.25) is 0 Å². The first kappa shape index (κ1) is 9.87. The van der Waals surface area contributed by atoms with E-state index in [-0.39, 0.29) is 0 Å². The van der Waals surface area contributed by atoms with Gasteiger partial charge in [-0.2, -0.15) is 0 Å². The summed E-state index contributed by atoms with van der Waals surface area (Å²) in [6, 6.07) is 3.93. The molecule has 0 heterocycles. The van der Waals surface area contributed by atoms with Gasteiger partial charge in [-0.05, 0) is 40.0 Å². The van der Waals surface area contributed by atoms with E-state index in [1.165, 1.54) is 5.56 Å². The minimum absolute atomic E-state index is 0.504. The van der Waals surface area contributed by atoms with Crippen LogP contribution in [0.4, 0.5) is 0 Å². The van der Waals surface area contributed by atoms with Gasteiger partial charge in [-0.25, -0.2) is 0 Å². The van der Waals surface area contributed by atoms with E-state index in [0.717, 1.165) is 15.8 Å². The lowest BCUT2D eigenvalue weighted by Gasteiger charge is -2.09. The number of aryl methyl sites for hydroxylation is 1. The molecule has 0 N–H and O–H groups in total. The van der Waals surface area contributed by atoms with Crippen molar-refractivity contribution < 1.29 is 4.74 Å². The van der Waals surface area contributed by atoms with Gasteiger partial charge in [0, 0.05) is 5.88 Å². The summed E-state index contributed by atoms with van der Waals surface area (Å²) in [6.07, 6.45) is 0. The molecule has 0 aliphatic carbocycles. The van der Waals surface area contributed by atoms with Gasteiger partial charge in [0.2, 0.25) is 0 Å². The molecular weight excluding hydrogens is 239 g/mol. The molecule has 0 fully saturated rings. The van der Waals surface area contributed by atoms with Gasteiger partial charge < -0.3 is 4.74 Å². The van der Waals surface area contributed by atoms with E-state index in [2.05, 4.69) is 15.9 Å². The minimum atomic E-state index is 0.504. The molecule has 0 amide bonds. The van der Waals surface area contributed by atoms with Crippen LogP contribution >= 0.6 is 27.5 Å². The molecule has 1 nitrogen and oxygen atoms in total. The molecule has 0 bridgehead atoms. The number of hydrogen-bond acceptors (Lipinski definition) is 1. The maximum absolute atomic E-state index is 5.78. The zero-order valence-corrected chi connectivity index (χ0v) is 9.37. The fraction of sp³-hybridized carbons (Fsp3) is 0.333. The molecule has 0 atom stereocenters. The monoisotopic (exact) mass is 248 g/mol. The summed E-state index contributed by atoms with van der Waals surface area (Å²) >= 11 is 9.22. The summed E-state index contributed by atoms with van der Waals surface area (Å²) in [5.74, 6) is 1.33. The van der Waals surface area contributed by atoms with Gasteiger partial charge >= 0.3 is 0 Å². The van der Waals surface area contributed by atoms with Crippen LogP contribution in [-0.2, 0) is 5.88 Å². The molecule has 1 aromatic rings. The molecule has 0 aliphatic heterocycles. The molecule has 0 unspecified atom stereocenters. The van der Waals surface area contributed by atoms with E-state index >= 15 is 0 Å². The summed E-state index contributed by atoms with van der Waals surface area (Å²) in [6.45, 7) is 2.03. The van der Waals surface area contributed by atoms with Gasteiger partial charge in [0.25, 0.3) is 0 Å². The number of hydrogen-bond donors (Lipinski definition) is 0. The lowest BCUT2D eigenvalue weighted by molar-refractivity contribution is 0.411. The van der Waals surface area contributed by atoms with Gasteiger partial charge in [-0.1, -0.05) is 6.07 Å². The predicted octanol–water partition coefficient (Wildman–Crippen LogP) is 3.50. The number of ether oxygens (including phenoxy) is 1. The maximum Gasteiger partial charge on any atom is 0.133 e. The largest absolute Gasteiger partial charge is 0.496 e.